The Bertz CT molecular complexity index is 1310. The smallest absolute Gasteiger partial charge is 0.257 e. The third-order valence-electron chi connectivity index (χ3n) is 5.68. The van der Waals surface area contributed by atoms with Crippen molar-refractivity contribution in [3.63, 3.8) is 0 Å². The molecule has 2 aromatic carbocycles. The van der Waals surface area contributed by atoms with Crippen LogP contribution in [-0.2, 0) is 0 Å². The number of benzene rings is 2. The molecule has 0 aliphatic carbocycles. The predicted molar refractivity (Wildman–Crippen MR) is 126 cm³/mol. The zero-order valence-electron chi connectivity index (χ0n) is 21.2. The summed E-state index contributed by atoms with van der Waals surface area (Å²) in [5.74, 6) is -19.2. The zero-order chi connectivity index (χ0) is 31.1. The maximum Gasteiger partial charge on any atom is 0.257 e. The van der Waals surface area contributed by atoms with Crippen molar-refractivity contribution in [3.8, 4) is 0 Å². The van der Waals surface area contributed by atoms with Crippen LogP contribution in [0.4, 0.5) is 46.5 Å². The number of rotatable bonds is 12. The van der Waals surface area contributed by atoms with E-state index in [0.717, 1.165) is 0 Å². The highest BCUT2D eigenvalue weighted by molar-refractivity contribution is 5.95. The first kappa shape index (κ1) is 32.6. The van der Waals surface area contributed by atoms with Gasteiger partial charge in [-0.15, -0.1) is 0 Å². The highest BCUT2D eigenvalue weighted by atomic mass is 19.2. The highest BCUT2D eigenvalue weighted by Crippen LogP contribution is 2.31. The lowest BCUT2D eigenvalue weighted by Gasteiger charge is -2.30. The van der Waals surface area contributed by atoms with Crippen molar-refractivity contribution in [1.82, 2.24) is 10.6 Å². The number of azide groups is 2. The van der Waals surface area contributed by atoms with Gasteiger partial charge in [0.15, 0.2) is 46.5 Å². The third kappa shape index (κ3) is 7.33. The number of carbonyl (C=O) groups is 2. The molecular formula is C22H20F8N9O2+. The molecule has 0 aromatic heterocycles. The van der Waals surface area contributed by atoms with Gasteiger partial charge in [-0.3, -0.25) is 9.59 Å². The maximum absolute atomic E-state index is 14.1. The lowest BCUT2D eigenvalue weighted by atomic mass is 10.1. The molecule has 2 N–H and O–H groups in total. The molecule has 0 spiro atoms. The maximum atomic E-state index is 14.1. The van der Waals surface area contributed by atoms with Crippen molar-refractivity contribution in [3.05, 3.63) is 78.6 Å². The largest absolute Gasteiger partial charge is 0.352 e. The van der Waals surface area contributed by atoms with Gasteiger partial charge < -0.3 is 15.1 Å². The number of halogens is 8. The van der Waals surface area contributed by atoms with E-state index in [0.29, 0.717) is 13.1 Å². The summed E-state index contributed by atoms with van der Waals surface area (Å²) in [4.78, 5) is 28.4. The van der Waals surface area contributed by atoms with Gasteiger partial charge in [0.25, 0.3) is 11.8 Å². The van der Waals surface area contributed by atoms with Crippen molar-refractivity contribution in [1.29, 1.82) is 0 Å². The topological polar surface area (TPSA) is 156 Å². The lowest BCUT2D eigenvalue weighted by Crippen LogP contribution is -2.43. The summed E-state index contributed by atoms with van der Waals surface area (Å²) >= 11 is 0. The van der Waals surface area contributed by atoms with Crippen molar-refractivity contribution < 1.29 is 49.2 Å². The summed E-state index contributed by atoms with van der Waals surface area (Å²) < 4.78 is 112. The molecule has 0 radical (unpaired) electrons. The fraction of sp³-hybridized carbons (Fsp3) is 0.364. The van der Waals surface area contributed by atoms with E-state index in [1.807, 2.05) is 0 Å². The Morgan fingerprint density at radius 2 is 0.927 bits per heavy atom. The van der Waals surface area contributed by atoms with Gasteiger partial charge in [0, 0.05) is 35.8 Å². The molecule has 19 heteroatoms. The summed E-state index contributed by atoms with van der Waals surface area (Å²) in [6.45, 7) is 0.272. The van der Waals surface area contributed by atoms with E-state index >= 15 is 0 Å². The van der Waals surface area contributed by atoms with Crippen LogP contribution in [0.3, 0.4) is 0 Å². The Kier molecular flexibility index (Phi) is 10.9. The lowest BCUT2D eigenvalue weighted by molar-refractivity contribution is -0.890. The third-order valence-corrected chi connectivity index (χ3v) is 5.68. The second-order valence-electron chi connectivity index (χ2n) is 8.94. The number of amides is 2. The first-order chi connectivity index (χ1) is 19.2. The Labute approximate surface area is 225 Å². The zero-order valence-corrected chi connectivity index (χ0v) is 21.2. The molecule has 220 valence electrons. The average Bonchev–Trinajstić information content (AvgIpc) is 2.92. The van der Waals surface area contributed by atoms with Crippen LogP contribution in [0.1, 0.15) is 33.6 Å². The standard InChI is InChI=1S/C22H19F8N9O2/c1-39(2,7-3-5-33-21(40)9-11(23)15(27)19(35-37-31)16(28)12(9)24)8-4-6-34-22(41)10-13(25)17(29)20(36-38-32)18(30)14(10)26/h3-8H2,1-2H3,(H-,33,34,40,41)/p+1. The van der Waals surface area contributed by atoms with Crippen LogP contribution in [0.25, 0.3) is 20.9 Å². The van der Waals surface area contributed by atoms with Crippen molar-refractivity contribution >= 4 is 23.2 Å². The number of quaternary nitrogens is 1. The monoisotopic (exact) mass is 594 g/mol. The van der Waals surface area contributed by atoms with E-state index in [-0.39, 0.29) is 30.4 Å². The Morgan fingerprint density at radius 3 is 1.20 bits per heavy atom. The molecule has 11 nitrogen and oxygen atoms in total. The summed E-state index contributed by atoms with van der Waals surface area (Å²) in [5.41, 5.74) is 10.3. The molecule has 0 saturated heterocycles. The highest BCUT2D eigenvalue weighted by Gasteiger charge is 2.30. The van der Waals surface area contributed by atoms with Gasteiger partial charge in [-0.1, -0.05) is 10.2 Å². The van der Waals surface area contributed by atoms with Gasteiger partial charge in [-0.2, -0.15) is 0 Å². The van der Waals surface area contributed by atoms with Crippen molar-refractivity contribution in [2.75, 3.05) is 40.3 Å². The molecule has 2 aromatic rings. The first-order valence-electron chi connectivity index (χ1n) is 11.4. The van der Waals surface area contributed by atoms with Crippen LogP contribution in [0, 0.1) is 46.5 Å². The van der Waals surface area contributed by atoms with Crippen LogP contribution in [-0.4, -0.2) is 56.6 Å². The van der Waals surface area contributed by atoms with E-state index in [1.54, 1.807) is 14.1 Å². The fourth-order valence-corrected chi connectivity index (χ4v) is 3.61. The molecule has 2 rings (SSSR count). The van der Waals surface area contributed by atoms with Gasteiger partial charge in [0.2, 0.25) is 0 Å². The summed E-state index contributed by atoms with van der Waals surface area (Å²) in [6, 6.07) is 0. The van der Waals surface area contributed by atoms with Crippen molar-refractivity contribution in [2.24, 2.45) is 10.2 Å². The Hall–Kier alpha value is -4.60. The average molecular weight is 594 g/mol. The van der Waals surface area contributed by atoms with Crippen LogP contribution in [0.15, 0.2) is 10.2 Å². The molecule has 0 atom stereocenters. The van der Waals surface area contributed by atoms with Crippen LogP contribution >= 0.6 is 0 Å². The van der Waals surface area contributed by atoms with Gasteiger partial charge >= 0.3 is 0 Å². The SMILES string of the molecule is C[N+](C)(CCCNC(=O)c1c(F)c(F)c(N=[N+]=[N-])c(F)c1F)CCCNC(=O)c1c(F)c(F)c(N=[N+]=[N-])c(F)c1F. The predicted octanol–water partition coefficient (Wildman–Crippen LogP) is 5.70. The number of hydrogen-bond donors (Lipinski definition) is 2. The van der Waals surface area contributed by atoms with Crippen LogP contribution in [0.5, 0.6) is 0 Å². The van der Waals surface area contributed by atoms with E-state index in [9.17, 15) is 44.7 Å². The van der Waals surface area contributed by atoms with Gasteiger partial charge in [0.05, 0.1) is 27.2 Å². The minimum absolute atomic E-state index is 0.182. The minimum Gasteiger partial charge on any atom is -0.352 e. The van der Waals surface area contributed by atoms with Gasteiger partial charge in [0.1, 0.15) is 22.5 Å². The molecule has 0 heterocycles. The Balaban J connectivity index is 1.90. The van der Waals surface area contributed by atoms with Crippen molar-refractivity contribution in [2.45, 2.75) is 12.8 Å². The molecule has 41 heavy (non-hydrogen) atoms. The quantitative estimate of drug-likeness (QED) is 0.0615. The fourth-order valence-electron chi connectivity index (χ4n) is 3.61. The van der Waals surface area contributed by atoms with Gasteiger partial charge in [-0.05, 0) is 11.1 Å². The molecule has 0 saturated carbocycles. The van der Waals surface area contributed by atoms with Crippen LogP contribution < -0.4 is 10.6 Å². The molecular weight excluding hydrogens is 574 g/mol. The van der Waals surface area contributed by atoms with Crippen LogP contribution in [0.2, 0.25) is 0 Å². The number of nitrogens with one attached hydrogen (secondary N) is 2. The number of hydrogen-bond acceptors (Lipinski definition) is 4. The van der Waals surface area contributed by atoms with E-state index in [1.165, 1.54) is 0 Å². The molecule has 2 amide bonds. The molecule has 0 bridgehead atoms. The summed E-state index contributed by atoms with van der Waals surface area (Å²) in [5, 5.41) is 9.27. The second kappa shape index (κ2) is 13.6. The number of nitrogens with zero attached hydrogens (tertiary/aromatic N) is 7. The molecule has 0 unspecified atom stereocenters. The second-order valence-corrected chi connectivity index (χ2v) is 8.94. The Morgan fingerprint density at radius 1 is 0.634 bits per heavy atom. The van der Waals surface area contributed by atoms with E-state index in [4.69, 9.17) is 11.1 Å². The van der Waals surface area contributed by atoms with E-state index < -0.39 is 80.9 Å². The summed E-state index contributed by atoms with van der Waals surface area (Å²) in [7, 11) is 3.42. The van der Waals surface area contributed by atoms with Gasteiger partial charge in [-0.25, -0.2) is 35.1 Å². The molecule has 0 aliphatic rings. The normalized spacial score (nSPS) is 11.0. The minimum atomic E-state index is -2.04. The molecule has 0 fully saturated rings. The first-order valence-corrected chi connectivity index (χ1v) is 11.4. The molecule has 0 aliphatic heterocycles. The number of carbonyl (C=O) groups excluding carboxylic acids is 2. The van der Waals surface area contributed by atoms with E-state index in [2.05, 4.69) is 30.7 Å². The summed E-state index contributed by atoms with van der Waals surface area (Å²) in [6.07, 6.45) is 0.394.